The predicted octanol–water partition coefficient (Wildman–Crippen LogP) is 5.52. The molecule has 0 bridgehead atoms. The summed E-state index contributed by atoms with van der Waals surface area (Å²) < 4.78 is 0. The summed E-state index contributed by atoms with van der Waals surface area (Å²) in [5.41, 5.74) is 5.01. The first-order valence-corrected chi connectivity index (χ1v) is 10.1. The van der Waals surface area contributed by atoms with Crippen molar-refractivity contribution in [3.8, 4) is 0 Å². The summed E-state index contributed by atoms with van der Waals surface area (Å²) in [6.07, 6.45) is 0. The molecular formula is C26H24N2O2. The Morgan fingerprint density at radius 1 is 0.767 bits per heavy atom. The Labute approximate surface area is 176 Å². The average molecular weight is 396 g/mol. The third-order valence-electron chi connectivity index (χ3n) is 5.29. The molecule has 0 saturated carbocycles. The molecule has 0 fully saturated rings. The monoisotopic (exact) mass is 396 g/mol. The zero-order valence-electron chi connectivity index (χ0n) is 17.3. The van der Waals surface area contributed by atoms with E-state index in [1.807, 2.05) is 85.8 Å². The maximum Gasteiger partial charge on any atom is 0.282 e. The average Bonchev–Trinajstić information content (AvgIpc) is 3.00. The normalized spacial score (nSPS) is 14.1. The van der Waals surface area contributed by atoms with Gasteiger partial charge in [-0.25, -0.2) is 4.90 Å². The molecule has 4 heteroatoms. The third kappa shape index (κ3) is 3.64. The molecule has 0 radical (unpaired) electrons. The maximum absolute atomic E-state index is 13.4. The number of anilines is 2. The zero-order valence-corrected chi connectivity index (χ0v) is 17.3. The van der Waals surface area contributed by atoms with Gasteiger partial charge in [0.15, 0.2) is 0 Å². The Kier molecular flexibility index (Phi) is 5.23. The summed E-state index contributed by atoms with van der Waals surface area (Å²) in [4.78, 5) is 28.0. The van der Waals surface area contributed by atoms with Crippen LogP contribution in [0.4, 0.5) is 11.4 Å². The number of nitrogens with one attached hydrogen (secondary N) is 1. The van der Waals surface area contributed by atoms with Gasteiger partial charge in [-0.3, -0.25) is 9.59 Å². The number of benzene rings is 3. The molecule has 0 aliphatic carbocycles. The minimum Gasteiger partial charge on any atom is -0.350 e. The molecular weight excluding hydrogens is 372 g/mol. The van der Waals surface area contributed by atoms with Gasteiger partial charge in [-0.1, -0.05) is 74.0 Å². The molecule has 1 aliphatic heterocycles. The number of amides is 2. The predicted molar refractivity (Wildman–Crippen MR) is 121 cm³/mol. The topological polar surface area (TPSA) is 49.4 Å². The summed E-state index contributed by atoms with van der Waals surface area (Å²) in [7, 11) is 0. The Balaban J connectivity index is 1.76. The van der Waals surface area contributed by atoms with Crippen molar-refractivity contribution in [2.45, 2.75) is 26.7 Å². The van der Waals surface area contributed by atoms with E-state index in [9.17, 15) is 9.59 Å². The van der Waals surface area contributed by atoms with E-state index in [1.54, 1.807) is 0 Å². The van der Waals surface area contributed by atoms with Crippen LogP contribution in [0.25, 0.3) is 5.57 Å². The number of carbonyl (C=O) groups excluding carboxylic acids is 2. The first kappa shape index (κ1) is 19.6. The second-order valence-electron chi connectivity index (χ2n) is 7.80. The standard InChI is InChI=1S/C26H24N2O2/c1-17(2)19-11-15-22(16-12-19)28-25(29)23(20-7-5-4-6-8-20)24(26(28)30)27-21-13-9-18(3)10-14-21/h4-17,27H,1-3H3. The number of carbonyl (C=O) groups is 2. The van der Waals surface area contributed by atoms with Gasteiger partial charge in [0, 0.05) is 5.69 Å². The van der Waals surface area contributed by atoms with Gasteiger partial charge in [0.25, 0.3) is 11.8 Å². The molecule has 4 nitrogen and oxygen atoms in total. The van der Waals surface area contributed by atoms with E-state index in [-0.39, 0.29) is 11.8 Å². The van der Waals surface area contributed by atoms with Gasteiger partial charge in [0.1, 0.15) is 5.70 Å². The molecule has 0 aromatic heterocycles. The largest absolute Gasteiger partial charge is 0.350 e. The second kappa shape index (κ2) is 7.99. The Morgan fingerprint density at radius 3 is 2.00 bits per heavy atom. The highest BCUT2D eigenvalue weighted by molar-refractivity contribution is 6.46. The fourth-order valence-electron chi connectivity index (χ4n) is 3.54. The molecule has 1 N–H and O–H groups in total. The molecule has 150 valence electrons. The summed E-state index contributed by atoms with van der Waals surface area (Å²) >= 11 is 0. The van der Waals surface area contributed by atoms with Crippen LogP contribution in [0.15, 0.2) is 84.6 Å². The molecule has 0 atom stereocenters. The SMILES string of the molecule is Cc1ccc(NC2=C(c3ccccc3)C(=O)N(c3ccc(C(C)C)cc3)C2=O)cc1. The molecule has 1 heterocycles. The van der Waals surface area contributed by atoms with Gasteiger partial charge < -0.3 is 5.32 Å². The van der Waals surface area contributed by atoms with Crippen molar-refractivity contribution in [3.05, 3.63) is 101 Å². The summed E-state index contributed by atoms with van der Waals surface area (Å²) in [5.74, 6) is -0.296. The van der Waals surface area contributed by atoms with Crippen LogP contribution < -0.4 is 10.2 Å². The van der Waals surface area contributed by atoms with E-state index in [1.165, 1.54) is 4.90 Å². The highest BCUT2D eigenvalue weighted by Crippen LogP contribution is 2.34. The van der Waals surface area contributed by atoms with Crippen LogP contribution in [0.1, 0.15) is 36.5 Å². The minimum absolute atomic E-state index is 0.294. The zero-order chi connectivity index (χ0) is 21.3. The highest BCUT2D eigenvalue weighted by atomic mass is 16.2. The molecule has 1 aliphatic rings. The van der Waals surface area contributed by atoms with Crippen LogP contribution in [0, 0.1) is 6.92 Å². The molecule has 3 aromatic carbocycles. The molecule has 0 spiro atoms. The van der Waals surface area contributed by atoms with E-state index < -0.39 is 0 Å². The molecule has 30 heavy (non-hydrogen) atoms. The molecule has 3 aromatic rings. The van der Waals surface area contributed by atoms with Crippen LogP contribution >= 0.6 is 0 Å². The first-order chi connectivity index (χ1) is 14.5. The van der Waals surface area contributed by atoms with Gasteiger partial charge in [-0.05, 0) is 48.2 Å². The number of nitrogens with zero attached hydrogens (tertiary/aromatic N) is 1. The van der Waals surface area contributed by atoms with E-state index in [4.69, 9.17) is 0 Å². The highest BCUT2D eigenvalue weighted by Gasteiger charge is 2.40. The molecule has 0 saturated heterocycles. The Hall–Kier alpha value is -3.66. The van der Waals surface area contributed by atoms with E-state index in [0.29, 0.717) is 28.4 Å². The van der Waals surface area contributed by atoms with Crippen molar-refractivity contribution < 1.29 is 9.59 Å². The van der Waals surface area contributed by atoms with Crippen LogP contribution in [0.2, 0.25) is 0 Å². The van der Waals surface area contributed by atoms with E-state index >= 15 is 0 Å². The molecule has 4 rings (SSSR count). The fourth-order valence-corrected chi connectivity index (χ4v) is 3.54. The molecule has 0 unspecified atom stereocenters. The van der Waals surface area contributed by atoms with Gasteiger partial charge in [-0.15, -0.1) is 0 Å². The van der Waals surface area contributed by atoms with Crippen LogP contribution in [0.5, 0.6) is 0 Å². The van der Waals surface area contributed by atoms with E-state index in [2.05, 4.69) is 19.2 Å². The van der Waals surface area contributed by atoms with Crippen LogP contribution in [-0.4, -0.2) is 11.8 Å². The van der Waals surface area contributed by atoms with Crippen molar-refractivity contribution in [1.29, 1.82) is 0 Å². The third-order valence-corrected chi connectivity index (χ3v) is 5.29. The smallest absolute Gasteiger partial charge is 0.282 e. The quantitative estimate of drug-likeness (QED) is 0.578. The fraction of sp³-hybridized carbons (Fsp3) is 0.154. The van der Waals surface area contributed by atoms with Crippen LogP contribution in [0.3, 0.4) is 0 Å². The van der Waals surface area contributed by atoms with Gasteiger partial charge >= 0.3 is 0 Å². The molecule has 2 amide bonds. The number of aryl methyl sites for hydroxylation is 1. The van der Waals surface area contributed by atoms with Crippen molar-refractivity contribution >= 4 is 28.8 Å². The maximum atomic E-state index is 13.4. The minimum atomic E-state index is -0.350. The summed E-state index contributed by atoms with van der Waals surface area (Å²) in [5, 5.41) is 3.19. The van der Waals surface area contributed by atoms with Crippen LogP contribution in [-0.2, 0) is 9.59 Å². The first-order valence-electron chi connectivity index (χ1n) is 10.1. The van der Waals surface area contributed by atoms with Crippen molar-refractivity contribution in [3.63, 3.8) is 0 Å². The Morgan fingerprint density at radius 2 is 1.40 bits per heavy atom. The summed E-state index contributed by atoms with van der Waals surface area (Å²) in [6.45, 7) is 6.23. The van der Waals surface area contributed by atoms with Gasteiger partial charge in [-0.2, -0.15) is 0 Å². The van der Waals surface area contributed by atoms with Crippen molar-refractivity contribution in [2.75, 3.05) is 10.2 Å². The van der Waals surface area contributed by atoms with Crippen molar-refractivity contribution in [2.24, 2.45) is 0 Å². The number of hydrogen-bond acceptors (Lipinski definition) is 3. The van der Waals surface area contributed by atoms with E-state index in [0.717, 1.165) is 16.8 Å². The van der Waals surface area contributed by atoms with Crippen molar-refractivity contribution in [1.82, 2.24) is 0 Å². The lowest BCUT2D eigenvalue weighted by Crippen LogP contribution is -2.32. The Bertz CT molecular complexity index is 1110. The van der Waals surface area contributed by atoms with Gasteiger partial charge in [0.05, 0.1) is 11.3 Å². The summed E-state index contributed by atoms with van der Waals surface area (Å²) in [6, 6.07) is 24.7. The lowest BCUT2D eigenvalue weighted by atomic mass is 10.0. The number of rotatable bonds is 5. The number of hydrogen-bond donors (Lipinski definition) is 1. The number of imide groups is 1. The second-order valence-corrected chi connectivity index (χ2v) is 7.80. The lowest BCUT2D eigenvalue weighted by molar-refractivity contribution is -0.120. The lowest BCUT2D eigenvalue weighted by Gasteiger charge is -2.16. The van der Waals surface area contributed by atoms with Gasteiger partial charge in [0.2, 0.25) is 0 Å².